The molecule has 1 N–H and O–H groups in total. The molecule has 1 saturated heterocycles. The molecule has 1 aliphatic heterocycles. The highest BCUT2D eigenvalue weighted by atomic mass is 32.2. The van der Waals surface area contributed by atoms with Crippen molar-refractivity contribution in [3.63, 3.8) is 0 Å². The number of likely N-dealkylation sites (tertiary alicyclic amines) is 1. The van der Waals surface area contributed by atoms with Crippen molar-refractivity contribution in [2.75, 3.05) is 19.3 Å². The summed E-state index contributed by atoms with van der Waals surface area (Å²) in [5.74, 6) is 0.903. The summed E-state index contributed by atoms with van der Waals surface area (Å²) in [5.41, 5.74) is 1.71. The van der Waals surface area contributed by atoms with E-state index in [-0.39, 0.29) is 17.4 Å². The van der Waals surface area contributed by atoms with Gasteiger partial charge < -0.3 is 9.88 Å². The van der Waals surface area contributed by atoms with Gasteiger partial charge in [-0.25, -0.2) is 4.98 Å². The summed E-state index contributed by atoms with van der Waals surface area (Å²) >= 11 is 1.69. The van der Waals surface area contributed by atoms with Crippen LogP contribution in [-0.4, -0.2) is 40.1 Å². The summed E-state index contributed by atoms with van der Waals surface area (Å²) in [6.07, 6.45) is 4.36. The summed E-state index contributed by atoms with van der Waals surface area (Å²) < 4.78 is 0. The van der Waals surface area contributed by atoms with Crippen LogP contribution >= 0.6 is 11.8 Å². The van der Waals surface area contributed by atoms with Gasteiger partial charge in [-0.05, 0) is 43.7 Å². The van der Waals surface area contributed by atoms with Crippen molar-refractivity contribution in [1.82, 2.24) is 14.9 Å². The Bertz CT molecular complexity index is 801. The Balaban J connectivity index is 1.67. The number of aryl methyl sites for hydroxylation is 1. The van der Waals surface area contributed by atoms with Gasteiger partial charge in [0, 0.05) is 30.0 Å². The molecule has 5 nitrogen and oxygen atoms in total. The minimum absolute atomic E-state index is 0.125. The van der Waals surface area contributed by atoms with Gasteiger partial charge in [0.2, 0.25) is 5.91 Å². The number of nitrogens with zero attached hydrogens (tertiary/aromatic N) is 2. The number of amides is 1. The molecule has 132 valence electrons. The number of aromatic nitrogens is 2. The smallest absolute Gasteiger partial charge is 0.251 e. The molecule has 0 bridgehead atoms. The molecule has 25 heavy (non-hydrogen) atoms. The number of benzene rings is 1. The number of nitrogens with one attached hydrogen (secondary N) is 1. The molecule has 0 radical (unpaired) electrons. The van der Waals surface area contributed by atoms with Crippen molar-refractivity contribution >= 4 is 17.7 Å². The zero-order chi connectivity index (χ0) is 17.8. The van der Waals surface area contributed by atoms with Gasteiger partial charge in [-0.15, -0.1) is 11.8 Å². The molecule has 1 aliphatic rings. The van der Waals surface area contributed by atoms with E-state index >= 15 is 0 Å². The number of rotatable bonds is 4. The lowest BCUT2D eigenvalue weighted by molar-refractivity contribution is -0.131. The normalized spacial score (nSPS) is 17.5. The first-order chi connectivity index (χ1) is 12.0. The van der Waals surface area contributed by atoms with E-state index in [0.29, 0.717) is 18.8 Å². The van der Waals surface area contributed by atoms with Crippen molar-refractivity contribution in [2.24, 2.45) is 0 Å². The first kappa shape index (κ1) is 17.7. The Labute approximate surface area is 151 Å². The predicted octanol–water partition coefficient (Wildman–Crippen LogP) is 2.75. The highest BCUT2D eigenvalue weighted by Gasteiger charge is 2.26. The summed E-state index contributed by atoms with van der Waals surface area (Å²) in [7, 11) is 0. The molecule has 2 heterocycles. The van der Waals surface area contributed by atoms with Crippen molar-refractivity contribution in [2.45, 2.75) is 37.0 Å². The molecule has 0 saturated carbocycles. The first-order valence-corrected chi connectivity index (χ1v) is 9.76. The molecule has 2 aromatic rings. The standard InChI is InChI=1S/C19H23N3O2S/c1-13-20-17(11-18(23)21-13)15-4-3-9-22(12-15)19(24)10-14-5-7-16(25-2)8-6-14/h5-8,11,15H,3-4,9-10,12H2,1-2H3,(H,20,21,23)/t15-/m0/s1. The summed E-state index contributed by atoms with van der Waals surface area (Å²) in [6.45, 7) is 3.20. The Morgan fingerprint density at radius 1 is 1.36 bits per heavy atom. The summed E-state index contributed by atoms with van der Waals surface area (Å²) in [4.78, 5) is 34.6. The van der Waals surface area contributed by atoms with Crippen LogP contribution in [0.1, 0.15) is 35.8 Å². The largest absolute Gasteiger partial charge is 0.342 e. The van der Waals surface area contributed by atoms with Gasteiger partial charge in [0.05, 0.1) is 12.1 Å². The molecule has 3 rings (SSSR count). The van der Waals surface area contributed by atoms with E-state index in [1.165, 1.54) is 4.90 Å². The number of carbonyl (C=O) groups excluding carboxylic acids is 1. The Morgan fingerprint density at radius 3 is 2.80 bits per heavy atom. The number of piperidine rings is 1. The van der Waals surface area contributed by atoms with Crippen LogP contribution in [0.15, 0.2) is 40.0 Å². The monoisotopic (exact) mass is 357 g/mol. The van der Waals surface area contributed by atoms with Gasteiger partial charge in [-0.1, -0.05) is 12.1 Å². The average Bonchev–Trinajstić information content (AvgIpc) is 2.61. The fourth-order valence-corrected chi connectivity index (χ4v) is 3.69. The predicted molar refractivity (Wildman–Crippen MR) is 100 cm³/mol. The highest BCUT2D eigenvalue weighted by Crippen LogP contribution is 2.25. The van der Waals surface area contributed by atoms with Crippen LogP contribution in [0.4, 0.5) is 0 Å². The van der Waals surface area contributed by atoms with E-state index in [1.54, 1.807) is 24.8 Å². The van der Waals surface area contributed by atoms with Gasteiger partial charge in [-0.2, -0.15) is 0 Å². The van der Waals surface area contributed by atoms with Gasteiger partial charge >= 0.3 is 0 Å². The number of H-pyrrole nitrogens is 1. The zero-order valence-corrected chi connectivity index (χ0v) is 15.4. The number of hydrogen-bond donors (Lipinski definition) is 1. The lowest BCUT2D eigenvalue weighted by atomic mass is 9.94. The maximum Gasteiger partial charge on any atom is 0.251 e. The van der Waals surface area contributed by atoms with E-state index in [2.05, 4.69) is 22.1 Å². The van der Waals surface area contributed by atoms with Crippen LogP contribution in [0.3, 0.4) is 0 Å². The van der Waals surface area contributed by atoms with Crippen LogP contribution in [0, 0.1) is 6.92 Å². The van der Waals surface area contributed by atoms with Gasteiger partial charge in [0.25, 0.3) is 5.56 Å². The second kappa shape index (κ2) is 7.87. The van der Waals surface area contributed by atoms with Crippen LogP contribution in [0.5, 0.6) is 0 Å². The lowest BCUT2D eigenvalue weighted by Gasteiger charge is -2.32. The molecule has 1 aromatic carbocycles. The van der Waals surface area contributed by atoms with Crippen LogP contribution in [0.2, 0.25) is 0 Å². The fraction of sp³-hybridized carbons (Fsp3) is 0.421. The Morgan fingerprint density at radius 2 is 2.12 bits per heavy atom. The van der Waals surface area contributed by atoms with Crippen molar-refractivity contribution in [1.29, 1.82) is 0 Å². The number of aromatic amines is 1. The molecule has 1 fully saturated rings. The molecule has 1 atom stereocenters. The van der Waals surface area contributed by atoms with Crippen molar-refractivity contribution in [3.05, 3.63) is 57.8 Å². The average molecular weight is 357 g/mol. The second-order valence-corrected chi connectivity index (χ2v) is 7.34. The quantitative estimate of drug-likeness (QED) is 0.855. The van der Waals surface area contributed by atoms with Gasteiger partial charge in [0.15, 0.2) is 0 Å². The molecule has 6 heteroatoms. The molecule has 1 aromatic heterocycles. The van der Waals surface area contributed by atoms with E-state index in [1.807, 2.05) is 23.3 Å². The second-order valence-electron chi connectivity index (χ2n) is 6.46. The van der Waals surface area contributed by atoms with Crippen molar-refractivity contribution in [3.8, 4) is 0 Å². The maximum atomic E-state index is 12.7. The van der Waals surface area contributed by atoms with E-state index in [9.17, 15) is 9.59 Å². The summed E-state index contributed by atoms with van der Waals surface area (Å²) in [6, 6.07) is 9.71. The molecule has 0 aliphatic carbocycles. The van der Waals surface area contributed by atoms with E-state index in [0.717, 1.165) is 30.6 Å². The Hall–Kier alpha value is -2.08. The minimum atomic E-state index is -0.125. The summed E-state index contributed by atoms with van der Waals surface area (Å²) in [5, 5.41) is 0. The number of thioether (sulfide) groups is 1. The molecule has 0 unspecified atom stereocenters. The third-order valence-electron chi connectivity index (χ3n) is 4.59. The lowest BCUT2D eigenvalue weighted by Crippen LogP contribution is -2.40. The zero-order valence-electron chi connectivity index (χ0n) is 14.6. The first-order valence-electron chi connectivity index (χ1n) is 8.53. The topological polar surface area (TPSA) is 66.1 Å². The third-order valence-corrected chi connectivity index (χ3v) is 5.33. The molecule has 0 spiro atoms. The molecular weight excluding hydrogens is 334 g/mol. The van der Waals surface area contributed by atoms with Crippen molar-refractivity contribution < 1.29 is 4.79 Å². The Kier molecular flexibility index (Phi) is 5.58. The van der Waals surface area contributed by atoms with Crippen LogP contribution in [0.25, 0.3) is 0 Å². The SMILES string of the molecule is CSc1ccc(CC(=O)N2CCC[C@H](c3cc(=O)[nH]c(C)n3)C2)cc1. The fourth-order valence-electron chi connectivity index (χ4n) is 3.29. The van der Waals surface area contributed by atoms with Gasteiger partial charge in [0.1, 0.15) is 5.82 Å². The number of hydrogen-bond acceptors (Lipinski definition) is 4. The number of carbonyl (C=O) groups is 1. The highest BCUT2D eigenvalue weighted by molar-refractivity contribution is 7.98. The molecular formula is C19H23N3O2S. The minimum Gasteiger partial charge on any atom is -0.342 e. The van der Waals surface area contributed by atoms with Gasteiger partial charge in [-0.3, -0.25) is 9.59 Å². The third kappa shape index (κ3) is 4.51. The molecule has 1 amide bonds. The van der Waals surface area contributed by atoms with E-state index < -0.39 is 0 Å². The van der Waals surface area contributed by atoms with Crippen LogP contribution in [-0.2, 0) is 11.2 Å². The van der Waals surface area contributed by atoms with E-state index in [4.69, 9.17) is 0 Å². The van der Waals surface area contributed by atoms with Crippen LogP contribution < -0.4 is 5.56 Å². The maximum absolute atomic E-state index is 12.7.